The first-order chi connectivity index (χ1) is 26.6. The quantitative estimate of drug-likeness (QED) is 0.140. The first-order valence-corrected chi connectivity index (χ1v) is 18.1. The highest BCUT2D eigenvalue weighted by Crippen LogP contribution is 2.43. The molecule has 7 heteroatoms. The van der Waals surface area contributed by atoms with Crippen molar-refractivity contribution in [3.8, 4) is 17.1 Å². The summed E-state index contributed by atoms with van der Waals surface area (Å²) in [5, 5.41) is 17.5. The Labute approximate surface area is 312 Å². The summed E-state index contributed by atoms with van der Waals surface area (Å²) in [6, 6.07) is 56.7. The highest BCUT2D eigenvalue weighted by Gasteiger charge is 2.42. The van der Waals surface area contributed by atoms with E-state index in [4.69, 9.17) is 20.0 Å². The van der Waals surface area contributed by atoms with E-state index in [-0.39, 0.29) is 12.0 Å². The second-order valence-electron chi connectivity index (χ2n) is 13.3. The van der Waals surface area contributed by atoms with Gasteiger partial charge in [0.05, 0.1) is 5.52 Å². The summed E-state index contributed by atoms with van der Waals surface area (Å²) in [5.74, 6) is 1.29. The Hall–Kier alpha value is -6.99. The van der Waals surface area contributed by atoms with E-state index in [1.165, 1.54) is 0 Å². The van der Waals surface area contributed by atoms with Gasteiger partial charge in [-0.2, -0.15) is 0 Å². The van der Waals surface area contributed by atoms with Crippen LogP contribution in [0.2, 0.25) is 0 Å². The van der Waals surface area contributed by atoms with Crippen LogP contribution < -0.4 is 10.2 Å². The minimum atomic E-state index is -0.960. The molecule has 0 fully saturated rings. The van der Waals surface area contributed by atoms with Crippen LogP contribution in [0.15, 0.2) is 175 Å². The van der Waals surface area contributed by atoms with Crippen molar-refractivity contribution in [2.75, 3.05) is 0 Å². The monoisotopic (exact) mass is 701 g/mol. The van der Waals surface area contributed by atoms with E-state index in [2.05, 4.69) is 48.5 Å². The summed E-state index contributed by atoms with van der Waals surface area (Å²) >= 11 is 0. The van der Waals surface area contributed by atoms with Gasteiger partial charge in [0.1, 0.15) is 17.9 Å². The number of hydrogen-bond donors (Lipinski definition) is 0. The lowest BCUT2D eigenvalue weighted by molar-refractivity contribution is 0.309. The molecule has 0 aliphatic carbocycles. The molecular formula is C47H35N5O2. The number of fused-ring (bicyclic) bond motifs is 3. The molecule has 7 nitrogen and oxygen atoms in total. The zero-order chi connectivity index (χ0) is 36.5. The Morgan fingerprint density at radius 2 is 1.22 bits per heavy atom. The average molecular weight is 702 g/mol. The number of aryl methyl sites for hydroxylation is 1. The number of tetrazole rings is 1. The van der Waals surface area contributed by atoms with Crippen LogP contribution in [0.1, 0.15) is 34.9 Å². The van der Waals surface area contributed by atoms with Crippen molar-refractivity contribution >= 4 is 32.4 Å². The van der Waals surface area contributed by atoms with Crippen molar-refractivity contribution in [3.63, 3.8) is 0 Å². The number of pyridine rings is 1. The maximum Gasteiger partial charge on any atom is 0.194 e. The smallest absolute Gasteiger partial charge is 0.194 e. The van der Waals surface area contributed by atoms with E-state index >= 15 is 0 Å². The van der Waals surface area contributed by atoms with E-state index in [1.54, 1.807) is 0 Å². The number of aromatic nitrogens is 5. The highest BCUT2D eigenvalue weighted by atomic mass is 16.5. The topological polar surface area (TPSA) is 82.8 Å². The van der Waals surface area contributed by atoms with E-state index in [9.17, 15) is 4.79 Å². The fourth-order valence-corrected chi connectivity index (χ4v) is 7.64. The molecule has 0 unspecified atom stereocenters. The van der Waals surface area contributed by atoms with E-state index in [0.717, 1.165) is 67.4 Å². The van der Waals surface area contributed by atoms with Crippen LogP contribution in [-0.4, -0.2) is 25.2 Å². The molecule has 0 aliphatic heterocycles. The lowest BCUT2D eigenvalue weighted by atomic mass is 9.77. The van der Waals surface area contributed by atoms with Gasteiger partial charge in [-0.15, -0.1) is 5.10 Å². The number of rotatable bonds is 9. The average Bonchev–Trinajstić information content (AvgIpc) is 3.69. The Bertz CT molecular complexity index is 2740. The highest BCUT2D eigenvalue weighted by molar-refractivity contribution is 6.02. The predicted molar refractivity (Wildman–Crippen MR) is 215 cm³/mol. The second-order valence-corrected chi connectivity index (χ2v) is 13.3. The molecular weight excluding hydrogens is 667 g/mol. The van der Waals surface area contributed by atoms with E-state index in [1.807, 2.05) is 138 Å². The van der Waals surface area contributed by atoms with Gasteiger partial charge >= 0.3 is 0 Å². The van der Waals surface area contributed by atoms with Crippen LogP contribution in [0.25, 0.3) is 43.8 Å². The molecule has 0 amide bonds. The maximum absolute atomic E-state index is 14.5. The molecule has 0 saturated carbocycles. The van der Waals surface area contributed by atoms with Gasteiger partial charge in [-0.05, 0) is 74.1 Å². The first-order valence-electron chi connectivity index (χ1n) is 18.1. The van der Waals surface area contributed by atoms with E-state index in [0.29, 0.717) is 16.6 Å². The summed E-state index contributed by atoms with van der Waals surface area (Å²) in [4.78, 5) is 19.3. The Morgan fingerprint density at radius 1 is 0.611 bits per heavy atom. The molecule has 2 aromatic heterocycles. The fourth-order valence-electron chi connectivity index (χ4n) is 7.64. The lowest BCUT2D eigenvalue weighted by Crippen LogP contribution is -2.39. The van der Waals surface area contributed by atoms with Gasteiger partial charge in [0.15, 0.2) is 11.3 Å². The molecule has 54 heavy (non-hydrogen) atoms. The second kappa shape index (κ2) is 13.9. The summed E-state index contributed by atoms with van der Waals surface area (Å²) in [6.45, 7) is 2.36. The van der Waals surface area contributed by atoms with Gasteiger partial charge in [0.25, 0.3) is 0 Å². The summed E-state index contributed by atoms with van der Waals surface area (Å²) in [5.41, 5.74) is 5.40. The molecule has 2 heterocycles. The van der Waals surface area contributed by atoms with Crippen molar-refractivity contribution in [1.29, 1.82) is 0 Å². The van der Waals surface area contributed by atoms with Crippen LogP contribution in [0, 0.1) is 0 Å². The predicted octanol–water partition coefficient (Wildman–Crippen LogP) is 9.54. The molecule has 7 aromatic carbocycles. The normalized spacial score (nSPS) is 11.6. The molecule has 0 N–H and O–H groups in total. The lowest BCUT2D eigenvalue weighted by Gasteiger charge is -2.36. The van der Waals surface area contributed by atoms with Crippen molar-refractivity contribution in [2.45, 2.75) is 25.5 Å². The minimum absolute atomic E-state index is 0.0733. The van der Waals surface area contributed by atoms with Gasteiger partial charge in [0.2, 0.25) is 0 Å². The largest absolute Gasteiger partial charge is 0.488 e. The number of benzene rings is 6. The summed E-state index contributed by atoms with van der Waals surface area (Å²) in [6.07, 6.45) is 0.794. The number of para-hydroxylation sites is 1. The van der Waals surface area contributed by atoms with Crippen LogP contribution in [0.5, 0.6) is 5.75 Å². The molecule has 0 aliphatic rings. The molecule has 260 valence electrons. The van der Waals surface area contributed by atoms with Crippen LogP contribution in [0.4, 0.5) is 0 Å². The van der Waals surface area contributed by atoms with Crippen LogP contribution in [-0.2, 0) is 18.6 Å². The molecule has 0 saturated heterocycles. The Balaban J connectivity index is 1.27. The van der Waals surface area contributed by atoms with Gasteiger partial charge in [0, 0.05) is 33.5 Å². The van der Waals surface area contributed by atoms with Crippen molar-refractivity contribution in [3.05, 3.63) is 208 Å². The molecule has 9 aromatic rings. The van der Waals surface area contributed by atoms with Gasteiger partial charge in [-0.3, -0.25) is 9.78 Å². The zero-order valence-electron chi connectivity index (χ0n) is 29.6. The van der Waals surface area contributed by atoms with Crippen LogP contribution >= 0.6 is 0 Å². The van der Waals surface area contributed by atoms with Crippen molar-refractivity contribution < 1.29 is 4.74 Å². The van der Waals surface area contributed by atoms with Crippen molar-refractivity contribution in [2.24, 2.45) is 0 Å². The number of ether oxygens (including phenoxy) is 1. The third kappa shape index (κ3) is 5.58. The minimum Gasteiger partial charge on any atom is -0.488 e. The van der Waals surface area contributed by atoms with Crippen molar-refractivity contribution in [1.82, 2.24) is 25.2 Å². The third-order valence-electron chi connectivity index (χ3n) is 10.2. The van der Waals surface area contributed by atoms with E-state index < -0.39 is 5.54 Å². The SMILES string of the molecule is CCc1cc(OCc2ccc3c(-c4nnnn4C(c4ccccc4)(c4ccccc4)c4ccccc4)cc4ccccc4c(=O)c3c2)c2ccccc2n1. The molecule has 0 atom stereocenters. The number of nitrogens with zero attached hydrogens (tertiary/aromatic N) is 5. The Kier molecular flexibility index (Phi) is 8.44. The maximum atomic E-state index is 14.5. The van der Waals surface area contributed by atoms with Gasteiger partial charge < -0.3 is 4.74 Å². The summed E-state index contributed by atoms with van der Waals surface area (Å²) in [7, 11) is 0. The van der Waals surface area contributed by atoms with Gasteiger partial charge in [-0.25, -0.2) is 4.68 Å². The molecule has 0 bridgehead atoms. The third-order valence-corrected chi connectivity index (χ3v) is 10.2. The van der Waals surface area contributed by atoms with Crippen LogP contribution in [0.3, 0.4) is 0 Å². The zero-order valence-corrected chi connectivity index (χ0v) is 29.6. The number of hydrogen-bond acceptors (Lipinski definition) is 6. The molecule has 0 spiro atoms. The standard InChI is InChI=1S/C47H35N5O2/c1-2-37-30-44(40-24-14-15-25-43(40)48-37)54-31-32-26-27-39-41(28-32)45(53)38-23-13-12-16-33(38)29-42(39)46-49-50-51-52(46)47(34-17-6-3-7-18-34,35-19-8-4-9-20-35)36-21-10-5-11-22-36/h3-30H,2,31H2,1H3. The first kappa shape index (κ1) is 32.9. The molecule has 9 rings (SSSR count). The van der Waals surface area contributed by atoms with Gasteiger partial charge in [-0.1, -0.05) is 146 Å². The molecule has 0 radical (unpaired) electrons. The Morgan fingerprint density at radius 3 is 1.89 bits per heavy atom. The fraction of sp³-hybridized carbons (Fsp3) is 0.0851. The summed E-state index contributed by atoms with van der Waals surface area (Å²) < 4.78 is 8.40.